The topological polar surface area (TPSA) is 112 Å². The molecular weight excluding hydrogens is 284 g/mol. The van der Waals surface area contributed by atoms with Gasteiger partial charge in [-0.25, -0.2) is 9.78 Å². The molecule has 0 aliphatic carbocycles. The maximum atomic E-state index is 11.4. The third-order valence-corrected chi connectivity index (χ3v) is 3.17. The molecule has 2 unspecified atom stereocenters. The van der Waals surface area contributed by atoms with Crippen molar-refractivity contribution in [2.75, 3.05) is 6.54 Å². The van der Waals surface area contributed by atoms with E-state index in [1.165, 1.54) is 0 Å². The highest BCUT2D eigenvalue weighted by Gasteiger charge is 2.23. The van der Waals surface area contributed by atoms with Crippen LogP contribution in [0.15, 0.2) is 5.38 Å². The lowest BCUT2D eigenvalue weighted by molar-refractivity contribution is 0.0127. The van der Waals surface area contributed by atoms with Crippen molar-refractivity contribution in [1.82, 2.24) is 10.3 Å². The average Bonchev–Trinajstić information content (AvgIpc) is 2.81. The van der Waals surface area contributed by atoms with E-state index in [1.807, 2.05) is 0 Å². The standard InChI is InChI=1S/C12H20N2O5S/c1-12(2,3)19-11(18)13-4-8(16)9(17)10-14-7(5-15)6-20-10/h6,8-9,15-17H,4-5H2,1-3H3,(H,13,18). The van der Waals surface area contributed by atoms with E-state index >= 15 is 0 Å². The first kappa shape index (κ1) is 16.8. The van der Waals surface area contributed by atoms with Gasteiger partial charge in [0.25, 0.3) is 0 Å². The van der Waals surface area contributed by atoms with E-state index in [2.05, 4.69) is 10.3 Å². The number of nitrogens with zero attached hydrogens (tertiary/aromatic N) is 1. The number of thiazole rings is 1. The van der Waals surface area contributed by atoms with E-state index in [0.29, 0.717) is 5.69 Å². The van der Waals surface area contributed by atoms with Crippen molar-refractivity contribution in [2.45, 2.75) is 45.2 Å². The Bertz CT molecular complexity index is 443. The maximum Gasteiger partial charge on any atom is 0.407 e. The van der Waals surface area contributed by atoms with E-state index in [9.17, 15) is 15.0 Å². The summed E-state index contributed by atoms with van der Waals surface area (Å²) in [4.78, 5) is 15.4. The number of aliphatic hydroxyl groups is 3. The number of nitrogens with one attached hydrogen (secondary N) is 1. The summed E-state index contributed by atoms with van der Waals surface area (Å²) in [6.45, 7) is 4.79. The van der Waals surface area contributed by atoms with Crippen LogP contribution in [0.5, 0.6) is 0 Å². The molecule has 0 aromatic carbocycles. The van der Waals surface area contributed by atoms with Gasteiger partial charge in [0.1, 0.15) is 22.8 Å². The van der Waals surface area contributed by atoms with Gasteiger partial charge >= 0.3 is 6.09 Å². The Morgan fingerprint density at radius 1 is 1.50 bits per heavy atom. The Hall–Kier alpha value is -1.22. The van der Waals surface area contributed by atoms with Crippen molar-refractivity contribution < 1.29 is 24.9 Å². The summed E-state index contributed by atoms with van der Waals surface area (Å²) < 4.78 is 5.01. The molecular formula is C12H20N2O5S. The first-order valence-electron chi connectivity index (χ1n) is 6.11. The summed E-state index contributed by atoms with van der Waals surface area (Å²) in [5.74, 6) is 0. The van der Waals surface area contributed by atoms with Gasteiger partial charge in [-0.1, -0.05) is 0 Å². The van der Waals surface area contributed by atoms with Crippen LogP contribution in [0, 0.1) is 0 Å². The first-order valence-corrected chi connectivity index (χ1v) is 6.99. The molecule has 0 spiro atoms. The summed E-state index contributed by atoms with van der Waals surface area (Å²) in [5, 5.41) is 32.8. The van der Waals surface area contributed by atoms with Crippen LogP contribution in [0.1, 0.15) is 37.6 Å². The largest absolute Gasteiger partial charge is 0.444 e. The molecule has 1 aromatic rings. The van der Waals surface area contributed by atoms with Gasteiger partial charge in [-0.3, -0.25) is 0 Å². The van der Waals surface area contributed by atoms with Crippen molar-refractivity contribution in [1.29, 1.82) is 0 Å². The van der Waals surface area contributed by atoms with E-state index < -0.39 is 23.9 Å². The third-order valence-electron chi connectivity index (χ3n) is 2.20. The number of amides is 1. The molecule has 1 aromatic heterocycles. The number of carbonyl (C=O) groups excluding carboxylic acids is 1. The van der Waals surface area contributed by atoms with Crippen LogP contribution in [0.4, 0.5) is 4.79 Å². The number of carbonyl (C=O) groups is 1. The van der Waals surface area contributed by atoms with Crippen molar-refractivity contribution >= 4 is 17.4 Å². The molecule has 0 saturated carbocycles. The van der Waals surface area contributed by atoms with E-state index in [4.69, 9.17) is 9.84 Å². The molecule has 7 nitrogen and oxygen atoms in total. The third kappa shape index (κ3) is 5.41. The predicted molar refractivity (Wildman–Crippen MR) is 73.2 cm³/mol. The molecule has 4 N–H and O–H groups in total. The zero-order valence-electron chi connectivity index (χ0n) is 11.7. The second-order valence-electron chi connectivity index (χ2n) is 5.23. The highest BCUT2D eigenvalue weighted by Crippen LogP contribution is 2.21. The lowest BCUT2D eigenvalue weighted by atomic mass is 10.2. The maximum absolute atomic E-state index is 11.4. The van der Waals surface area contributed by atoms with E-state index in [1.54, 1.807) is 26.2 Å². The van der Waals surface area contributed by atoms with E-state index in [0.717, 1.165) is 11.3 Å². The molecule has 8 heteroatoms. The lowest BCUT2D eigenvalue weighted by Crippen LogP contribution is -2.38. The second-order valence-corrected chi connectivity index (χ2v) is 6.12. The molecule has 0 aliphatic heterocycles. The molecule has 0 saturated heterocycles. The van der Waals surface area contributed by atoms with Crippen LogP contribution in [-0.2, 0) is 11.3 Å². The van der Waals surface area contributed by atoms with E-state index in [-0.39, 0.29) is 18.2 Å². The Morgan fingerprint density at radius 2 is 2.15 bits per heavy atom. The fourth-order valence-electron chi connectivity index (χ4n) is 1.31. The summed E-state index contributed by atoms with van der Waals surface area (Å²) >= 11 is 1.13. The fourth-order valence-corrected chi connectivity index (χ4v) is 2.16. The van der Waals surface area contributed by atoms with Crippen LogP contribution < -0.4 is 5.32 Å². The van der Waals surface area contributed by atoms with Gasteiger partial charge in [0.15, 0.2) is 0 Å². The molecule has 0 radical (unpaired) electrons. The Balaban J connectivity index is 2.46. The average molecular weight is 304 g/mol. The summed E-state index contributed by atoms with van der Waals surface area (Å²) in [5.41, 5.74) is -0.199. The quantitative estimate of drug-likeness (QED) is 0.632. The number of ether oxygens (including phenoxy) is 1. The predicted octanol–water partition coefficient (Wildman–Crippen LogP) is 0.554. The van der Waals surface area contributed by atoms with Gasteiger partial charge < -0.3 is 25.4 Å². The lowest BCUT2D eigenvalue weighted by Gasteiger charge is -2.21. The van der Waals surface area contributed by atoms with Gasteiger partial charge in [-0.15, -0.1) is 11.3 Å². The van der Waals surface area contributed by atoms with Gasteiger partial charge in [0.2, 0.25) is 0 Å². The smallest absolute Gasteiger partial charge is 0.407 e. The summed E-state index contributed by atoms with van der Waals surface area (Å²) in [7, 11) is 0. The highest BCUT2D eigenvalue weighted by atomic mass is 32.1. The van der Waals surface area contributed by atoms with Crippen molar-refractivity contribution in [3.8, 4) is 0 Å². The minimum Gasteiger partial charge on any atom is -0.444 e. The first-order chi connectivity index (χ1) is 9.23. The zero-order chi connectivity index (χ0) is 15.3. The summed E-state index contributed by atoms with van der Waals surface area (Å²) in [6, 6.07) is 0. The number of alkyl carbamates (subject to hydrolysis) is 1. The van der Waals surface area contributed by atoms with Crippen LogP contribution in [0.2, 0.25) is 0 Å². The molecule has 2 atom stereocenters. The number of aliphatic hydroxyl groups excluding tert-OH is 3. The van der Waals surface area contributed by atoms with Gasteiger partial charge in [-0.2, -0.15) is 0 Å². The number of hydrogen-bond donors (Lipinski definition) is 4. The molecule has 0 aliphatic rings. The Kier molecular flexibility index (Phi) is 5.88. The number of hydrogen-bond acceptors (Lipinski definition) is 7. The van der Waals surface area contributed by atoms with Crippen LogP contribution >= 0.6 is 11.3 Å². The van der Waals surface area contributed by atoms with Crippen molar-refractivity contribution in [3.63, 3.8) is 0 Å². The molecule has 20 heavy (non-hydrogen) atoms. The monoisotopic (exact) mass is 304 g/mol. The van der Waals surface area contributed by atoms with Crippen molar-refractivity contribution in [2.24, 2.45) is 0 Å². The van der Waals surface area contributed by atoms with Gasteiger partial charge in [0, 0.05) is 11.9 Å². The Labute approximate surface area is 121 Å². The molecule has 1 amide bonds. The molecule has 114 valence electrons. The summed E-state index contributed by atoms with van der Waals surface area (Å²) in [6.07, 6.45) is -3.10. The van der Waals surface area contributed by atoms with Crippen LogP contribution in [0.25, 0.3) is 0 Å². The van der Waals surface area contributed by atoms with Gasteiger partial charge in [0.05, 0.1) is 12.3 Å². The molecule has 1 heterocycles. The molecule has 0 fully saturated rings. The van der Waals surface area contributed by atoms with Crippen LogP contribution in [-0.4, -0.2) is 44.6 Å². The second kappa shape index (κ2) is 6.98. The molecule has 0 bridgehead atoms. The van der Waals surface area contributed by atoms with Gasteiger partial charge in [-0.05, 0) is 20.8 Å². The molecule has 1 rings (SSSR count). The minimum atomic E-state index is -1.23. The number of aromatic nitrogens is 1. The fraction of sp³-hybridized carbons (Fsp3) is 0.667. The highest BCUT2D eigenvalue weighted by molar-refractivity contribution is 7.09. The van der Waals surface area contributed by atoms with Crippen LogP contribution in [0.3, 0.4) is 0 Å². The number of rotatable bonds is 5. The Morgan fingerprint density at radius 3 is 2.65 bits per heavy atom. The normalized spacial score (nSPS) is 14.7. The van der Waals surface area contributed by atoms with Crippen molar-refractivity contribution in [3.05, 3.63) is 16.1 Å². The SMILES string of the molecule is CC(C)(C)OC(=O)NCC(O)C(O)c1nc(CO)cs1. The minimum absolute atomic E-state index is 0.163. The zero-order valence-corrected chi connectivity index (χ0v) is 12.5.